The fourth-order valence-corrected chi connectivity index (χ4v) is 1.86. The molecule has 0 saturated heterocycles. The molecule has 18 heavy (non-hydrogen) atoms. The number of carbonyl (C=O) groups excluding carboxylic acids is 1. The minimum atomic E-state index is -0.292. The van der Waals surface area contributed by atoms with Crippen LogP contribution in [0.4, 0.5) is 0 Å². The van der Waals surface area contributed by atoms with Gasteiger partial charge in [-0.25, -0.2) is 4.98 Å². The van der Waals surface area contributed by atoms with Crippen LogP contribution >= 0.6 is 15.9 Å². The second-order valence-corrected chi connectivity index (χ2v) is 4.63. The first-order chi connectivity index (χ1) is 8.66. The first-order valence-electron chi connectivity index (χ1n) is 5.39. The van der Waals surface area contributed by atoms with Gasteiger partial charge in [-0.05, 0) is 18.2 Å². The van der Waals surface area contributed by atoms with Crippen LogP contribution in [-0.4, -0.2) is 27.1 Å². The van der Waals surface area contributed by atoms with E-state index >= 15 is 0 Å². The molecule has 2 N–H and O–H groups in total. The van der Waals surface area contributed by atoms with Crippen molar-refractivity contribution in [3.05, 3.63) is 47.0 Å². The fraction of sp³-hybridized carbons (Fsp3) is 0.167. The predicted octanol–water partition coefficient (Wildman–Crippen LogP) is 1.78. The molecule has 1 aromatic carbocycles. The SMILES string of the molecule is O=C(NCCn1ccnc1)c1ccc(Br)cc1O. The van der Waals surface area contributed by atoms with E-state index in [9.17, 15) is 9.90 Å². The number of rotatable bonds is 4. The molecule has 0 atom stereocenters. The monoisotopic (exact) mass is 309 g/mol. The van der Waals surface area contributed by atoms with Crippen molar-refractivity contribution >= 4 is 21.8 Å². The molecule has 0 bridgehead atoms. The Bertz CT molecular complexity index is 540. The zero-order valence-corrected chi connectivity index (χ0v) is 11.1. The van der Waals surface area contributed by atoms with Gasteiger partial charge in [0.1, 0.15) is 5.75 Å². The van der Waals surface area contributed by atoms with Gasteiger partial charge in [-0.3, -0.25) is 4.79 Å². The zero-order valence-electron chi connectivity index (χ0n) is 9.51. The summed E-state index contributed by atoms with van der Waals surface area (Å²) in [6.45, 7) is 1.12. The summed E-state index contributed by atoms with van der Waals surface area (Å²) in [6, 6.07) is 4.78. The van der Waals surface area contributed by atoms with Gasteiger partial charge in [-0.1, -0.05) is 15.9 Å². The van der Waals surface area contributed by atoms with Gasteiger partial charge in [0.05, 0.1) is 11.9 Å². The molecule has 1 amide bonds. The van der Waals surface area contributed by atoms with Crippen LogP contribution < -0.4 is 5.32 Å². The number of carbonyl (C=O) groups is 1. The van der Waals surface area contributed by atoms with Crippen molar-refractivity contribution in [2.24, 2.45) is 0 Å². The quantitative estimate of drug-likeness (QED) is 0.904. The highest BCUT2D eigenvalue weighted by atomic mass is 79.9. The first kappa shape index (κ1) is 12.6. The first-order valence-corrected chi connectivity index (χ1v) is 6.18. The third kappa shape index (κ3) is 3.10. The van der Waals surface area contributed by atoms with Gasteiger partial charge in [-0.15, -0.1) is 0 Å². The van der Waals surface area contributed by atoms with Gasteiger partial charge in [0.2, 0.25) is 0 Å². The van der Waals surface area contributed by atoms with Crippen molar-refractivity contribution < 1.29 is 9.90 Å². The third-order valence-electron chi connectivity index (χ3n) is 2.42. The molecule has 2 rings (SSSR count). The molecule has 94 valence electrons. The summed E-state index contributed by atoms with van der Waals surface area (Å²) in [5, 5.41) is 12.4. The molecule has 1 heterocycles. The molecule has 0 saturated carbocycles. The number of phenolic OH excluding ortho intramolecular Hbond substituents is 1. The maximum absolute atomic E-state index is 11.8. The van der Waals surface area contributed by atoms with E-state index in [4.69, 9.17) is 0 Å². The van der Waals surface area contributed by atoms with Crippen molar-refractivity contribution in [2.75, 3.05) is 6.54 Å². The lowest BCUT2D eigenvalue weighted by Gasteiger charge is -2.07. The van der Waals surface area contributed by atoms with Crippen LogP contribution in [0.2, 0.25) is 0 Å². The lowest BCUT2D eigenvalue weighted by atomic mass is 10.2. The minimum Gasteiger partial charge on any atom is -0.507 e. The Morgan fingerprint density at radius 1 is 1.50 bits per heavy atom. The van der Waals surface area contributed by atoms with Gasteiger partial charge in [0.15, 0.2) is 0 Å². The summed E-state index contributed by atoms with van der Waals surface area (Å²) in [7, 11) is 0. The molecule has 0 unspecified atom stereocenters. The number of hydrogen-bond donors (Lipinski definition) is 2. The number of aromatic hydroxyl groups is 1. The number of imidazole rings is 1. The predicted molar refractivity (Wildman–Crippen MR) is 70.4 cm³/mol. The molecule has 0 aliphatic carbocycles. The summed E-state index contributed by atoms with van der Waals surface area (Å²) in [5.41, 5.74) is 0.267. The number of benzene rings is 1. The number of phenols is 1. The van der Waals surface area contributed by atoms with Crippen molar-refractivity contribution in [3.8, 4) is 5.75 Å². The molecule has 6 heteroatoms. The lowest BCUT2D eigenvalue weighted by Crippen LogP contribution is -2.27. The summed E-state index contributed by atoms with van der Waals surface area (Å²) in [5.74, 6) is -0.329. The van der Waals surface area contributed by atoms with E-state index in [1.807, 2.05) is 10.8 Å². The van der Waals surface area contributed by atoms with Crippen LogP contribution in [-0.2, 0) is 6.54 Å². The van der Waals surface area contributed by atoms with Crippen LogP contribution in [0.3, 0.4) is 0 Å². The smallest absolute Gasteiger partial charge is 0.255 e. The van der Waals surface area contributed by atoms with Gasteiger partial charge >= 0.3 is 0 Å². The average Bonchev–Trinajstić information content (AvgIpc) is 2.81. The number of amides is 1. The van der Waals surface area contributed by atoms with E-state index in [0.29, 0.717) is 13.1 Å². The van der Waals surface area contributed by atoms with Crippen molar-refractivity contribution in [3.63, 3.8) is 0 Å². The second-order valence-electron chi connectivity index (χ2n) is 3.72. The van der Waals surface area contributed by atoms with Crippen LogP contribution in [0.25, 0.3) is 0 Å². The van der Waals surface area contributed by atoms with Crippen molar-refractivity contribution in [1.82, 2.24) is 14.9 Å². The topological polar surface area (TPSA) is 67.2 Å². The number of nitrogens with one attached hydrogen (secondary N) is 1. The normalized spacial score (nSPS) is 10.3. The largest absolute Gasteiger partial charge is 0.507 e. The molecule has 0 radical (unpaired) electrons. The summed E-state index contributed by atoms with van der Waals surface area (Å²) < 4.78 is 2.59. The van der Waals surface area contributed by atoms with Crippen LogP contribution in [0, 0.1) is 0 Å². The van der Waals surface area contributed by atoms with Crippen LogP contribution in [0.5, 0.6) is 5.75 Å². The van der Waals surface area contributed by atoms with Gasteiger partial charge in [0, 0.05) is 30.0 Å². The highest BCUT2D eigenvalue weighted by molar-refractivity contribution is 9.10. The van der Waals surface area contributed by atoms with Crippen molar-refractivity contribution in [2.45, 2.75) is 6.54 Å². The van der Waals surface area contributed by atoms with Gasteiger partial charge in [0.25, 0.3) is 5.91 Å². The zero-order chi connectivity index (χ0) is 13.0. The summed E-state index contributed by atoms with van der Waals surface area (Å²) in [6.07, 6.45) is 5.19. The maximum Gasteiger partial charge on any atom is 0.255 e. The standard InChI is InChI=1S/C12H12BrN3O2/c13-9-1-2-10(11(17)7-9)12(18)15-4-6-16-5-3-14-8-16/h1-3,5,7-8,17H,4,6H2,(H,15,18). The van der Waals surface area contributed by atoms with E-state index in [-0.39, 0.29) is 17.2 Å². The highest BCUT2D eigenvalue weighted by Crippen LogP contribution is 2.21. The molecule has 5 nitrogen and oxygen atoms in total. The molecule has 0 aliphatic rings. The summed E-state index contributed by atoms with van der Waals surface area (Å²) >= 11 is 3.22. The van der Waals surface area contributed by atoms with E-state index in [1.54, 1.807) is 24.7 Å². The highest BCUT2D eigenvalue weighted by Gasteiger charge is 2.10. The number of halogens is 1. The van der Waals surface area contributed by atoms with E-state index in [1.165, 1.54) is 6.07 Å². The Balaban J connectivity index is 1.91. The van der Waals surface area contributed by atoms with E-state index < -0.39 is 0 Å². The lowest BCUT2D eigenvalue weighted by molar-refractivity contribution is 0.0949. The molecule has 0 spiro atoms. The van der Waals surface area contributed by atoms with Gasteiger partial charge < -0.3 is 15.0 Å². The Labute approximate surface area is 113 Å². The summed E-state index contributed by atoms with van der Waals surface area (Å²) in [4.78, 5) is 15.7. The molecular weight excluding hydrogens is 298 g/mol. The van der Waals surface area contributed by atoms with Crippen LogP contribution in [0.15, 0.2) is 41.4 Å². The number of hydrogen-bond acceptors (Lipinski definition) is 3. The Kier molecular flexibility index (Phi) is 3.99. The minimum absolute atomic E-state index is 0.0375. The fourth-order valence-electron chi connectivity index (χ4n) is 1.51. The van der Waals surface area contributed by atoms with E-state index in [2.05, 4.69) is 26.2 Å². The maximum atomic E-state index is 11.8. The molecule has 1 aromatic heterocycles. The number of nitrogens with zero attached hydrogens (tertiary/aromatic N) is 2. The third-order valence-corrected chi connectivity index (χ3v) is 2.91. The Morgan fingerprint density at radius 2 is 2.33 bits per heavy atom. The Morgan fingerprint density at radius 3 is 3.00 bits per heavy atom. The van der Waals surface area contributed by atoms with Crippen LogP contribution in [0.1, 0.15) is 10.4 Å². The second kappa shape index (κ2) is 5.68. The average molecular weight is 310 g/mol. The molecular formula is C12H12BrN3O2. The van der Waals surface area contributed by atoms with Gasteiger partial charge in [-0.2, -0.15) is 0 Å². The molecule has 0 aliphatic heterocycles. The molecule has 2 aromatic rings. The van der Waals surface area contributed by atoms with E-state index in [0.717, 1.165) is 4.47 Å². The number of aromatic nitrogens is 2. The Hall–Kier alpha value is -1.82. The molecule has 0 fully saturated rings. The van der Waals surface area contributed by atoms with Crippen molar-refractivity contribution in [1.29, 1.82) is 0 Å².